The summed E-state index contributed by atoms with van der Waals surface area (Å²) in [7, 11) is -4.63. The van der Waals surface area contributed by atoms with Crippen LogP contribution < -0.4 is 4.72 Å². The number of halogens is 7. The largest absolute Gasteiger partial charge is 0.419 e. The van der Waals surface area contributed by atoms with Gasteiger partial charge in [-0.2, -0.15) is 13.2 Å². The predicted octanol–water partition coefficient (Wildman–Crippen LogP) is 5.06. The number of alkyl halides is 3. The van der Waals surface area contributed by atoms with E-state index in [1.807, 2.05) is 0 Å². The van der Waals surface area contributed by atoms with E-state index in [0.29, 0.717) is 0 Å². The molecule has 2 aromatic carbocycles. The van der Waals surface area contributed by atoms with E-state index in [0.717, 1.165) is 30.5 Å². The molecule has 0 spiro atoms. The summed E-state index contributed by atoms with van der Waals surface area (Å²) in [6.45, 7) is 0. The van der Waals surface area contributed by atoms with Gasteiger partial charge in [0.1, 0.15) is 28.2 Å². The molecule has 154 valence electrons. The smallest absolute Gasteiger partial charge is 0.360 e. The van der Waals surface area contributed by atoms with Gasteiger partial charge in [0, 0.05) is 12.3 Å². The first kappa shape index (κ1) is 20.7. The topological polar surface area (TPSA) is 62.0 Å². The average Bonchev–Trinajstić information content (AvgIpc) is 3.07. The lowest BCUT2D eigenvalue weighted by molar-refractivity contribution is -0.140. The van der Waals surface area contributed by atoms with E-state index in [-0.39, 0.29) is 17.8 Å². The highest BCUT2D eigenvalue weighted by Gasteiger charge is 2.35. The van der Waals surface area contributed by atoms with Gasteiger partial charge in [0.05, 0.1) is 22.5 Å². The molecule has 1 heterocycles. The quantitative estimate of drug-likeness (QED) is 0.560. The fourth-order valence-corrected chi connectivity index (χ4v) is 3.53. The maximum atomic E-state index is 13.9. The summed E-state index contributed by atoms with van der Waals surface area (Å²) in [5.74, 6) is -5.53. The molecule has 0 aliphatic heterocycles. The van der Waals surface area contributed by atoms with Crippen LogP contribution in [-0.4, -0.2) is 13.4 Å². The Morgan fingerprint density at radius 3 is 2.07 bits per heavy atom. The first-order valence-corrected chi connectivity index (χ1v) is 9.10. The van der Waals surface area contributed by atoms with Crippen molar-refractivity contribution in [1.82, 2.24) is 4.98 Å². The molecule has 0 amide bonds. The van der Waals surface area contributed by atoms with Crippen molar-refractivity contribution in [2.75, 3.05) is 4.72 Å². The van der Waals surface area contributed by atoms with Crippen molar-refractivity contribution in [2.24, 2.45) is 0 Å². The molecule has 1 aromatic heterocycles. The van der Waals surface area contributed by atoms with Crippen molar-refractivity contribution < 1.29 is 39.2 Å². The van der Waals surface area contributed by atoms with Gasteiger partial charge in [-0.1, -0.05) is 6.07 Å². The Labute approximate surface area is 159 Å². The van der Waals surface area contributed by atoms with E-state index in [2.05, 4.69) is 4.98 Å². The van der Waals surface area contributed by atoms with Crippen LogP contribution in [0, 0.1) is 23.3 Å². The molecule has 3 aromatic rings. The van der Waals surface area contributed by atoms with Crippen LogP contribution in [0.25, 0.3) is 11.3 Å². The highest BCUT2D eigenvalue weighted by atomic mass is 32.2. The van der Waals surface area contributed by atoms with E-state index in [4.69, 9.17) is 0 Å². The lowest BCUT2D eigenvalue weighted by Crippen LogP contribution is -2.15. The minimum atomic E-state index is -5.18. The SMILES string of the molecule is O=S(=O)(Nc1cc(F)c(C(F)(F)F)cc1F)c1c[nH]c(-c2c(F)cccc2F)c1. The minimum Gasteiger partial charge on any atom is -0.360 e. The molecule has 0 saturated heterocycles. The summed E-state index contributed by atoms with van der Waals surface area (Å²) in [5.41, 5.74) is -3.80. The van der Waals surface area contributed by atoms with Gasteiger partial charge in [0.2, 0.25) is 0 Å². The Balaban J connectivity index is 1.96. The summed E-state index contributed by atoms with van der Waals surface area (Å²) < 4.78 is 119. The van der Waals surface area contributed by atoms with Crippen LogP contribution in [0.5, 0.6) is 0 Å². The zero-order valence-corrected chi connectivity index (χ0v) is 14.7. The van der Waals surface area contributed by atoms with Gasteiger partial charge >= 0.3 is 6.18 Å². The predicted molar refractivity (Wildman–Crippen MR) is 88.3 cm³/mol. The standard InChI is InChI=1S/C17H9F7N2O2S/c18-10-2-1-3-11(19)16(10)15-4-8(7-25-15)29(27,28)26-14-6-12(20)9(5-13(14)21)17(22,23)24/h1-7,25-26H. The van der Waals surface area contributed by atoms with Gasteiger partial charge in [-0.05, 0) is 24.3 Å². The molecule has 0 unspecified atom stereocenters. The van der Waals surface area contributed by atoms with Crippen molar-refractivity contribution in [3.63, 3.8) is 0 Å². The Bertz CT molecular complexity index is 1170. The first-order chi connectivity index (χ1) is 13.4. The summed E-state index contributed by atoms with van der Waals surface area (Å²) in [6, 6.07) is 3.64. The molecule has 29 heavy (non-hydrogen) atoms. The second-order valence-corrected chi connectivity index (χ2v) is 7.44. The van der Waals surface area contributed by atoms with Crippen molar-refractivity contribution in [1.29, 1.82) is 0 Å². The molecule has 0 radical (unpaired) electrons. The number of H-pyrrole nitrogens is 1. The summed E-state index contributed by atoms with van der Waals surface area (Å²) in [5, 5.41) is 0. The number of nitrogens with one attached hydrogen (secondary N) is 2. The van der Waals surface area contributed by atoms with Gasteiger partial charge in [-0.3, -0.25) is 4.72 Å². The van der Waals surface area contributed by atoms with Crippen LogP contribution in [-0.2, 0) is 16.2 Å². The molecule has 0 aliphatic carbocycles. The number of aromatic nitrogens is 1. The maximum absolute atomic E-state index is 13.9. The average molecular weight is 438 g/mol. The van der Waals surface area contributed by atoms with Crippen LogP contribution in [0.2, 0.25) is 0 Å². The Morgan fingerprint density at radius 2 is 1.48 bits per heavy atom. The molecule has 4 nitrogen and oxygen atoms in total. The Hall–Kier alpha value is -3.02. The molecule has 3 rings (SSSR count). The summed E-state index contributed by atoms with van der Waals surface area (Å²) in [6.07, 6.45) is -4.36. The van der Waals surface area contributed by atoms with E-state index in [1.54, 1.807) is 4.72 Å². The zero-order chi connectivity index (χ0) is 21.6. The fraction of sp³-hybridized carbons (Fsp3) is 0.0588. The second kappa shape index (κ2) is 7.10. The lowest BCUT2D eigenvalue weighted by Gasteiger charge is -2.12. The monoisotopic (exact) mass is 438 g/mol. The van der Waals surface area contributed by atoms with Gasteiger partial charge in [-0.15, -0.1) is 0 Å². The Morgan fingerprint density at radius 1 is 0.862 bits per heavy atom. The molecular formula is C17H9F7N2O2S. The summed E-state index contributed by atoms with van der Waals surface area (Å²) in [4.78, 5) is 1.72. The van der Waals surface area contributed by atoms with Gasteiger partial charge in [-0.25, -0.2) is 26.0 Å². The number of hydrogen-bond donors (Lipinski definition) is 2. The third-order valence-electron chi connectivity index (χ3n) is 3.81. The van der Waals surface area contributed by atoms with E-state index in [1.165, 1.54) is 0 Å². The number of hydrogen-bond acceptors (Lipinski definition) is 2. The van der Waals surface area contributed by atoms with Crippen LogP contribution >= 0.6 is 0 Å². The maximum Gasteiger partial charge on any atom is 0.419 e. The molecule has 0 bridgehead atoms. The van der Waals surface area contributed by atoms with E-state index >= 15 is 0 Å². The molecule has 0 atom stereocenters. The van der Waals surface area contributed by atoms with Gasteiger partial charge < -0.3 is 4.98 Å². The Kier molecular flexibility index (Phi) is 5.07. The van der Waals surface area contributed by atoms with Gasteiger partial charge in [0.15, 0.2) is 0 Å². The number of benzene rings is 2. The fourth-order valence-electron chi connectivity index (χ4n) is 2.48. The van der Waals surface area contributed by atoms with Crippen LogP contribution in [0.1, 0.15) is 5.56 Å². The highest BCUT2D eigenvalue weighted by Crippen LogP contribution is 2.34. The lowest BCUT2D eigenvalue weighted by atomic mass is 10.1. The van der Waals surface area contributed by atoms with Crippen LogP contribution in [0.3, 0.4) is 0 Å². The molecular weight excluding hydrogens is 429 g/mol. The second-order valence-electron chi connectivity index (χ2n) is 5.76. The number of rotatable bonds is 4. The van der Waals surface area contributed by atoms with Crippen molar-refractivity contribution in [2.45, 2.75) is 11.1 Å². The third kappa shape index (κ3) is 4.06. The van der Waals surface area contributed by atoms with Crippen molar-refractivity contribution in [3.8, 4) is 11.3 Å². The van der Waals surface area contributed by atoms with Crippen molar-refractivity contribution >= 4 is 15.7 Å². The van der Waals surface area contributed by atoms with Crippen molar-refractivity contribution in [3.05, 3.63) is 71.4 Å². The molecule has 0 saturated carbocycles. The number of aromatic amines is 1. The highest BCUT2D eigenvalue weighted by molar-refractivity contribution is 7.92. The van der Waals surface area contributed by atoms with Crippen LogP contribution in [0.4, 0.5) is 36.4 Å². The number of sulfonamides is 1. The van der Waals surface area contributed by atoms with E-state index < -0.39 is 61.2 Å². The van der Waals surface area contributed by atoms with Gasteiger partial charge in [0.25, 0.3) is 10.0 Å². The number of anilines is 1. The summed E-state index contributed by atoms with van der Waals surface area (Å²) >= 11 is 0. The zero-order valence-electron chi connectivity index (χ0n) is 13.9. The molecule has 2 N–H and O–H groups in total. The molecule has 12 heteroatoms. The first-order valence-electron chi connectivity index (χ1n) is 7.62. The normalized spacial score (nSPS) is 12.2. The third-order valence-corrected chi connectivity index (χ3v) is 5.15. The minimum absolute atomic E-state index is 0.0415. The van der Waals surface area contributed by atoms with E-state index in [9.17, 15) is 39.2 Å². The van der Waals surface area contributed by atoms with Crippen LogP contribution in [0.15, 0.2) is 47.5 Å². The molecule has 0 aliphatic rings. The molecule has 0 fully saturated rings.